The maximum atomic E-state index is 12.6. The molecule has 19 heavy (non-hydrogen) atoms. The number of aromatic nitrogens is 2. The van der Waals surface area contributed by atoms with Crippen molar-refractivity contribution in [3.05, 3.63) is 18.0 Å². The molecule has 0 aliphatic carbocycles. The Hall–Kier alpha value is -1.37. The van der Waals surface area contributed by atoms with Crippen molar-refractivity contribution >= 4 is 5.95 Å². The van der Waals surface area contributed by atoms with Gasteiger partial charge in [0.05, 0.1) is 6.61 Å². The lowest BCUT2D eigenvalue weighted by atomic mass is 10.1. The van der Waals surface area contributed by atoms with Crippen molar-refractivity contribution in [2.24, 2.45) is 0 Å². The third-order valence-electron chi connectivity index (χ3n) is 2.91. The lowest BCUT2D eigenvalue weighted by Gasteiger charge is -2.30. The minimum atomic E-state index is -4.49. The van der Waals surface area contributed by atoms with Gasteiger partial charge in [0.25, 0.3) is 0 Å². The van der Waals surface area contributed by atoms with Crippen LogP contribution in [-0.4, -0.2) is 34.3 Å². The first-order valence-electron chi connectivity index (χ1n) is 6.21. The molecule has 0 fully saturated rings. The third-order valence-corrected chi connectivity index (χ3v) is 2.91. The molecule has 7 heteroatoms. The third kappa shape index (κ3) is 4.05. The van der Waals surface area contributed by atoms with Crippen molar-refractivity contribution in [3.8, 4) is 0 Å². The average Bonchev–Trinajstić information content (AvgIpc) is 2.38. The zero-order chi connectivity index (χ0) is 14.5. The number of alkyl halides is 3. The van der Waals surface area contributed by atoms with E-state index in [0.29, 0.717) is 0 Å². The largest absolute Gasteiger partial charge is 0.433 e. The second-order valence-electron chi connectivity index (χ2n) is 4.13. The molecule has 1 aromatic heterocycles. The maximum absolute atomic E-state index is 12.6. The zero-order valence-electron chi connectivity index (χ0n) is 11.0. The van der Waals surface area contributed by atoms with E-state index >= 15 is 0 Å². The Labute approximate surface area is 110 Å². The Morgan fingerprint density at radius 1 is 1.32 bits per heavy atom. The Morgan fingerprint density at radius 2 is 1.95 bits per heavy atom. The van der Waals surface area contributed by atoms with Crippen molar-refractivity contribution in [1.29, 1.82) is 0 Å². The monoisotopic (exact) mass is 277 g/mol. The van der Waals surface area contributed by atoms with Crippen LogP contribution < -0.4 is 4.90 Å². The fraction of sp³-hybridized carbons (Fsp3) is 0.667. The quantitative estimate of drug-likeness (QED) is 0.868. The van der Waals surface area contributed by atoms with Gasteiger partial charge in [-0.05, 0) is 18.9 Å². The number of aliphatic hydroxyl groups is 1. The number of hydrogen-bond acceptors (Lipinski definition) is 4. The summed E-state index contributed by atoms with van der Waals surface area (Å²) in [7, 11) is 0. The van der Waals surface area contributed by atoms with E-state index in [1.54, 1.807) is 4.90 Å². The minimum absolute atomic E-state index is 0.00985. The number of hydrogen-bond donors (Lipinski definition) is 1. The second kappa shape index (κ2) is 6.70. The molecule has 0 saturated carbocycles. The summed E-state index contributed by atoms with van der Waals surface area (Å²) in [5.41, 5.74) is -0.966. The molecule has 1 N–H and O–H groups in total. The molecular formula is C12H18F3N3O. The highest BCUT2D eigenvalue weighted by Crippen LogP contribution is 2.28. The van der Waals surface area contributed by atoms with Gasteiger partial charge < -0.3 is 10.0 Å². The summed E-state index contributed by atoms with van der Waals surface area (Å²) in [6.45, 7) is 3.93. The topological polar surface area (TPSA) is 49.2 Å². The van der Waals surface area contributed by atoms with Crippen LogP contribution in [-0.2, 0) is 6.18 Å². The average molecular weight is 277 g/mol. The van der Waals surface area contributed by atoms with Gasteiger partial charge in [-0.25, -0.2) is 9.97 Å². The molecule has 4 nitrogen and oxygen atoms in total. The molecule has 108 valence electrons. The fourth-order valence-electron chi connectivity index (χ4n) is 1.93. The first-order valence-corrected chi connectivity index (χ1v) is 6.21. The summed E-state index contributed by atoms with van der Waals surface area (Å²) >= 11 is 0. The fourth-order valence-corrected chi connectivity index (χ4v) is 1.93. The maximum Gasteiger partial charge on any atom is 0.433 e. The lowest BCUT2D eigenvalue weighted by molar-refractivity contribution is -0.141. The highest BCUT2D eigenvalue weighted by molar-refractivity contribution is 5.32. The predicted octanol–water partition coefficient (Wildman–Crippen LogP) is 2.48. The van der Waals surface area contributed by atoms with Crippen LogP contribution in [0.15, 0.2) is 12.3 Å². The van der Waals surface area contributed by atoms with Gasteiger partial charge in [-0.1, -0.05) is 13.8 Å². The van der Waals surface area contributed by atoms with Crippen LogP contribution in [0.3, 0.4) is 0 Å². The van der Waals surface area contributed by atoms with Crippen molar-refractivity contribution in [2.75, 3.05) is 18.1 Å². The molecule has 0 radical (unpaired) electrons. The molecule has 0 aliphatic rings. The van der Waals surface area contributed by atoms with Crippen LogP contribution in [0.2, 0.25) is 0 Å². The van der Waals surface area contributed by atoms with E-state index in [1.165, 1.54) is 0 Å². The Kier molecular flexibility index (Phi) is 5.53. The second-order valence-corrected chi connectivity index (χ2v) is 4.13. The summed E-state index contributed by atoms with van der Waals surface area (Å²) in [4.78, 5) is 9.07. The molecule has 1 aromatic rings. The van der Waals surface area contributed by atoms with Crippen LogP contribution in [0.4, 0.5) is 19.1 Å². The normalized spacial score (nSPS) is 11.9. The van der Waals surface area contributed by atoms with Gasteiger partial charge >= 0.3 is 6.18 Å². The van der Waals surface area contributed by atoms with Gasteiger partial charge in [0.1, 0.15) is 5.69 Å². The Balaban J connectivity index is 3.09. The molecule has 0 aliphatic heterocycles. The first-order chi connectivity index (χ1) is 8.93. The highest BCUT2D eigenvalue weighted by Gasteiger charge is 2.33. The summed E-state index contributed by atoms with van der Waals surface area (Å²) in [6.07, 6.45) is -1.90. The van der Waals surface area contributed by atoms with Gasteiger partial charge in [0.2, 0.25) is 5.95 Å². The van der Waals surface area contributed by atoms with E-state index in [-0.39, 0.29) is 25.1 Å². The molecule has 1 rings (SSSR count). The first kappa shape index (κ1) is 15.7. The molecule has 0 saturated heterocycles. The SMILES string of the molecule is CCC(CC)N(CCO)c1nccc(C(F)(F)F)n1. The lowest BCUT2D eigenvalue weighted by Crippen LogP contribution is -2.38. The van der Waals surface area contributed by atoms with E-state index < -0.39 is 11.9 Å². The van der Waals surface area contributed by atoms with Crippen LogP contribution in [0, 0.1) is 0 Å². The number of anilines is 1. The van der Waals surface area contributed by atoms with E-state index in [0.717, 1.165) is 25.1 Å². The van der Waals surface area contributed by atoms with Crippen molar-refractivity contribution in [3.63, 3.8) is 0 Å². The van der Waals surface area contributed by atoms with Gasteiger partial charge in [0, 0.05) is 18.8 Å². The van der Waals surface area contributed by atoms with E-state index in [9.17, 15) is 13.2 Å². The van der Waals surface area contributed by atoms with Gasteiger partial charge in [-0.15, -0.1) is 0 Å². The zero-order valence-corrected chi connectivity index (χ0v) is 11.0. The molecule has 0 bridgehead atoms. The minimum Gasteiger partial charge on any atom is -0.395 e. The van der Waals surface area contributed by atoms with E-state index in [1.807, 2.05) is 13.8 Å². The van der Waals surface area contributed by atoms with Crippen molar-refractivity contribution in [2.45, 2.75) is 38.9 Å². The summed E-state index contributed by atoms with van der Waals surface area (Å²) in [6, 6.07) is 0.851. The number of halogens is 3. The number of rotatable bonds is 6. The van der Waals surface area contributed by atoms with Crippen LogP contribution in [0.25, 0.3) is 0 Å². The number of nitrogens with zero attached hydrogens (tertiary/aromatic N) is 3. The molecule has 0 amide bonds. The summed E-state index contributed by atoms with van der Waals surface area (Å²) < 4.78 is 37.9. The van der Waals surface area contributed by atoms with Crippen LogP contribution >= 0.6 is 0 Å². The molecule has 0 unspecified atom stereocenters. The molecule has 0 aromatic carbocycles. The van der Waals surface area contributed by atoms with Gasteiger partial charge in [-0.3, -0.25) is 0 Å². The van der Waals surface area contributed by atoms with E-state index in [2.05, 4.69) is 9.97 Å². The molecule has 1 heterocycles. The smallest absolute Gasteiger partial charge is 0.395 e. The van der Waals surface area contributed by atoms with Crippen LogP contribution in [0.1, 0.15) is 32.4 Å². The van der Waals surface area contributed by atoms with Crippen LogP contribution in [0.5, 0.6) is 0 Å². The standard InChI is InChI=1S/C12H18F3N3O/c1-3-9(4-2)18(7-8-19)11-16-6-5-10(17-11)12(13,14)15/h5-6,9,19H,3-4,7-8H2,1-2H3. The van der Waals surface area contributed by atoms with Crippen molar-refractivity contribution in [1.82, 2.24) is 9.97 Å². The van der Waals surface area contributed by atoms with Gasteiger partial charge in [0.15, 0.2) is 0 Å². The number of aliphatic hydroxyl groups excluding tert-OH is 1. The predicted molar refractivity (Wildman–Crippen MR) is 65.8 cm³/mol. The summed E-state index contributed by atoms with van der Waals surface area (Å²) in [5, 5.41) is 9.05. The van der Waals surface area contributed by atoms with Crippen molar-refractivity contribution < 1.29 is 18.3 Å². The Morgan fingerprint density at radius 3 is 2.42 bits per heavy atom. The molecule has 0 spiro atoms. The molecule has 0 atom stereocenters. The van der Waals surface area contributed by atoms with E-state index in [4.69, 9.17) is 5.11 Å². The summed E-state index contributed by atoms with van der Waals surface area (Å²) in [5.74, 6) is 0.0116. The van der Waals surface area contributed by atoms with Gasteiger partial charge in [-0.2, -0.15) is 13.2 Å². The highest BCUT2D eigenvalue weighted by atomic mass is 19.4. The molecular weight excluding hydrogens is 259 g/mol. The Bertz CT molecular complexity index is 394.